The third-order valence-electron chi connectivity index (χ3n) is 2.58. The first-order valence-corrected chi connectivity index (χ1v) is 6.50. The van der Waals surface area contributed by atoms with Crippen molar-refractivity contribution in [2.24, 2.45) is 5.84 Å². The van der Waals surface area contributed by atoms with Crippen LogP contribution in [0.4, 0.5) is 5.82 Å². The highest BCUT2D eigenvalue weighted by Gasteiger charge is 2.09. The van der Waals surface area contributed by atoms with E-state index in [1.165, 1.54) is 12.3 Å². The van der Waals surface area contributed by atoms with Crippen molar-refractivity contribution in [3.63, 3.8) is 0 Å². The van der Waals surface area contributed by atoms with Crippen LogP contribution in [0.25, 0.3) is 0 Å². The first kappa shape index (κ1) is 14.6. The van der Waals surface area contributed by atoms with E-state index >= 15 is 0 Å². The number of hydrogen-bond donors (Lipinski definition) is 3. The maximum atomic E-state index is 12.0. The summed E-state index contributed by atoms with van der Waals surface area (Å²) in [7, 11) is 0. The minimum atomic E-state index is -0.275. The number of carbonyl (C=O) groups excluding carboxylic acids is 1. The predicted molar refractivity (Wildman–Crippen MR) is 79.7 cm³/mol. The highest BCUT2D eigenvalue weighted by atomic mass is 35.5. The standard InChI is InChI=1S/C13H12Cl2N4O/c14-10-3-1-2-8(4-10)6-18-13(20)9-5-11(15)12(19-16)17-7-9/h1-5,7H,6,16H2,(H,17,19)(H,18,20). The molecule has 0 radical (unpaired) electrons. The van der Waals surface area contributed by atoms with Crippen molar-refractivity contribution < 1.29 is 4.79 Å². The number of hydrogen-bond acceptors (Lipinski definition) is 4. The molecule has 0 saturated heterocycles. The number of carbonyl (C=O) groups is 1. The molecular formula is C13H12Cl2N4O. The van der Waals surface area contributed by atoms with Crippen LogP contribution in [0.2, 0.25) is 10.0 Å². The lowest BCUT2D eigenvalue weighted by Crippen LogP contribution is -2.23. The van der Waals surface area contributed by atoms with Gasteiger partial charge in [-0.25, -0.2) is 10.8 Å². The molecule has 0 aliphatic heterocycles. The molecule has 1 aromatic carbocycles. The van der Waals surface area contributed by atoms with E-state index in [2.05, 4.69) is 15.7 Å². The largest absolute Gasteiger partial charge is 0.348 e. The Kier molecular flexibility index (Phi) is 4.79. The van der Waals surface area contributed by atoms with E-state index in [9.17, 15) is 4.79 Å². The number of nitrogen functional groups attached to an aromatic ring is 1. The summed E-state index contributed by atoms with van der Waals surface area (Å²) in [5.41, 5.74) is 3.60. The molecule has 0 fully saturated rings. The molecule has 104 valence electrons. The average molecular weight is 311 g/mol. The highest BCUT2D eigenvalue weighted by molar-refractivity contribution is 6.33. The normalized spacial score (nSPS) is 10.2. The van der Waals surface area contributed by atoms with Gasteiger partial charge in [0, 0.05) is 17.8 Å². The molecule has 5 nitrogen and oxygen atoms in total. The van der Waals surface area contributed by atoms with E-state index in [-0.39, 0.29) is 10.9 Å². The molecule has 0 atom stereocenters. The second-order valence-electron chi connectivity index (χ2n) is 4.01. The molecule has 0 aliphatic carbocycles. The lowest BCUT2D eigenvalue weighted by atomic mass is 10.2. The van der Waals surface area contributed by atoms with Gasteiger partial charge in [0.25, 0.3) is 5.91 Å². The van der Waals surface area contributed by atoms with Crippen LogP contribution in [0.5, 0.6) is 0 Å². The molecule has 20 heavy (non-hydrogen) atoms. The summed E-state index contributed by atoms with van der Waals surface area (Å²) in [4.78, 5) is 15.9. The van der Waals surface area contributed by atoms with Gasteiger partial charge in [-0.3, -0.25) is 4.79 Å². The molecular weight excluding hydrogens is 299 g/mol. The number of halogens is 2. The zero-order chi connectivity index (χ0) is 14.5. The van der Waals surface area contributed by atoms with Gasteiger partial charge >= 0.3 is 0 Å². The summed E-state index contributed by atoms with van der Waals surface area (Å²) in [6.45, 7) is 0.369. The van der Waals surface area contributed by atoms with Crippen molar-refractivity contribution in [2.45, 2.75) is 6.54 Å². The van der Waals surface area contributed by atoms with Gasteiger partial charge in [-0.05, 0) is 23.8 Å². The van der Waals surface area contributed by atoms with Gasteiger partial charge in [-0.1, -0.05) is 35.3 Å². The van der Waals surface area contributed by atoms with Crippen molar-refractivity contribution >= 4 is 34.9 Å². The van der Waals surface area contributed by atoms with Crippen LogP contribution in [0.1, 0.15) is 15.9 Å². The highest BCUT2D eigenvalue weighted by Crippen LogP contribution is 2.19. The van der Waals surface area contributed by atoms with Crippen LogP contribution in [-0.4, -0.2) is 10.9 Å². The van der Waals surface area contributed by atoms with E-state index in [1.807, 2.05) is 12.1 Å². The van der Waals surface area contributed by atoms with E-state index in [4.69, 9.17) is 29.0 Å². The lowest BCUT2D eigenvalue weighted by Gasteiger charge is -2.07. The SMILES string of the molecule is NNc1ncc(C(=O)NCc2cccc(Cl)c2)cc1Cl. The Bertz CT molecular complexity index is 634. The third kappa shape index (κ3) is 3.60. The minimum absolute atomic E-state index is 0.275. The van der Waals surface area contributed by atoms with Crippen LogP contribution >= 0.6 is 23.2 Å². The zero-order valence-corrected chi connectivity index (χ0v) is 11.9. The molecule has 0 saturated carbocycles. The molecule has 0 spiro atoms. The molecule has 1 heterocycles. The fraction of sp³-hybridized carbons (Fsp3) is 0.0769. The van der Waals surface area contributed by atoms with E-state index in [0.29, 0.717) is 22.9 Å². The quantitative estimate of drug-likeness (QED) is 0.599. The Morgan fingerprint density at radius 3 is 2.75 bits per heavy atom. The number of nitrogens with two attached hydrogens (primary N) is 1. The number of hydrazine groups is 1. The summed E-state index contributed by atoms with van der Waals surface area (Å²) < 4.78 is 0. The Hall–Kier alpha value is -1.82. The molecule has 1 amide bonds. The van der Waals surface area contributed by atoms with Gasteiger partial charge in [0.2, 0.25) is 0 Å². The molecule has 0 bridgehead atoms. The number of benzene rings is 1. The Morgan fingerprint density at radius 1 is 1.30 bits per heavy atom. The summed E-state index contributed by atoms with van der Waals surface area (Å²) in [5.74, 6) is 5.26. The zero-order valence-electron chi connectivity index (χ0n) is 10.4. The number of amides is 1. The fourth-order valence-corrected chi connectivity index (χ4v) is 2.03. The maximum Gasteiger partial charge on any atom is 0.253 e. The number of nitrogens with zero attached hydrogens (tertiary/aromatic N) is 1. The molecule has 2 rings (SSSR count). The van der Waals surface area contributed by atoms with E-state index in [0.717, 1.165) is 5.56 Å². The average Bonchev–Trinajstić information content (AvgIpc) is 2.44. The smallest absolute Gasteiger partial charge is 0.253 e. The van der Waals surface area contributed by atoms with E-state index < -0.39 is 0 Å². The molecule has 0 aliphatic rings. The summed E-state index contributed by atoms with van der Waals surface area (Å²) in [5, 5.41) is 3.66. The van der Waals surface area contributed by atoms with Crippen LogP contribution in [0.3, 0.4) is 0 Å². The van der Waals surface area contributed by atoms with Crippen LogP contribution in [0, 0.1) is 0 Å². The summed E-state index contributed by atoms with van der Waals surface area (Å²) in [6, 6.07) is 8.75. The van der Waals surface area contributed by atoms with Crippen molar-refractivity contribution in [3.8, 4) is 0 Å². The van der Waals surface area contributed by atoms with Crippen molar-refractivity contribution in [1.29, 1.82) is 0 Å². The number of rotatable bonds is 4. The minimum Gasteiger partial charge on any atom is -0.348 e. The van der Waals surface area contributed by atoms with Gasteiger partial charge < -0.3 is 10.7 Å². The van der Waals surface area contributed by atoms with Gasteiger partial charge in [0.15, 0.2) is 5.82 Å². The second-order valence-corrected chi connectivity index (χ2v) is 4.85. The molecule has 7 heteroatoms. The van der Waals surface area contributed by atoms with Crippen molar-refractivity contribution in [3.05, 3.63) is 57.7 Å². The number of pyridine rings is 1. The monoisotopic (exact) mass is 310 g/mol. The van der Waals surface area contributed by atoms with E-state index in [1.54, 1.807) is 12.1 Å². The van der Waals surface area contributed by atoms with Crippen LogP contribution < -0.4 is 16.6 Å². The Labute approximate surface area is 126 Å². The third-order valence-corrected chi connectivity index (χ3v) is 3.11. The number of anilines is 1. The molecule has 4 N–H and O–H groups in total. The van der Waals surface area contributed by atoms with Crippen LogP contribution in [0.15, 0.2) is 36.5 Å². The Balaban J connectivity index is 2.03. The molecule has 2 aromatic rings. The first-order valence-electron chi connectivity index (χ1n) is 5.75. The predicted octanol–water partition coefficient (Wildman–Crippen LogP) is 2.60. The molecule has 1 aromatic heterocycles. The summed E-state index contributed by atoms with van der Waals surface area (Å²) in [6.07, 6.45) is 1.40. The van der Waals surface area contributed by atoms with Crippen molar-refractivity contribution in [2.75, 3.05) is 5.43 Å². The van der Waals surface area contributed by atoms with Gasteiger partial charge in [-0.2, -0.15) is 0 Å². The number of nitrogens with one attached hydrogen (secondary N) is 2. The van der Waals surface area contributed by atoms with Gasteiger partial charge in [-0.15, -0.1) is 0 Å². The number of aromatic nitrogens is 1. The topological polar surface area (TPSA) is 80.0 Å². The summed E-state index contributed by atoms with van der Waals surface area (Å²) >= 11 is 11.8. The first-order chi connectivity index (χ1) is 9.60. The van der Waals surface area contributed by atoms with Crippen molar-refractivity contribution in [1.82, 2.24) is 10.3 Å². The lowest BCUT2D eigenvalue weighted by molar-refractivity contribution is 0.0950. The Morgan fingerprint density at radius 2 is 2.10 bits per heavy atom. The van der Waals surface area contributed by atoms with Crippen LogP contribution in [-0.2, 0) is 6.54 Å². The fourth-order valence-electron chi connectivity index (χ4n) is 1.60. The van der Waals surface area contributed by atoms with Gasteiger partial charge in [0.05, 0.1) is 10.6 Å². The maximum absolute atomic E-state index is 12.0. The second kappa shape index (κ2) is 6.56. The molecule has 0 unspecified atom stereocenters. The van der Waals surface area contributed by atoms with Gasteiger partial charge in [0.1, 0.15) is 0 Å².